The molecule has 2 aromatic rings. The zero-order valence-corrected chi connectivity index (χ0v) is 12.3. The number of carbonyl (C=O) groups is 2. The Morgan fingerprint density at radius 2 is 2.09 bits per heavy atom. The van der Waals surface area contributed by atoms with Crippen LogP contribution in [-0.2, 0) is 0 Å². The number of piperidine rings is 1. The number of fused-ring (bicyclic) bond motifs is 1. The highest BCUT2D eigenvalue weighted by Crippen LogP contribution is 2.22. The van der Waals surface area contributed by atoms with Gasteiger partial charge in [0.25, 0.3) is 5.91 Å². The summed E-state index contributed by atoms with van der Waals surface area (Å²) in [7, 11) is 0. The van der Waals surface area contributed by atoms with Crippen molar-refractivity contribution in [2.75, 3.05) is 13.1 Å². The molecule has 1 aliphatic rings. The summed E-state index contributed by atoms with van der Waals surface area (Å²) >= 11 is 6.05. The number of hydrogen-bond donors (Lipinski definition) is 2. The van der Waals surface area contributed by atoms with Crippen LogP contribution in [0.1, 0.15) is 23.2 Å². The van der Waals surface area contributed by atoms with E-state index >= 15 is 0 Å². The number of rotatable bonds is 2. The number of carbonyl (C=O) groups excluding carboxylic acids is 1. The zero-order chi connectivity index (χ0) is 15.7. The second-order valence-electron chi connectivity index (χ2n) is 5.09. The topological polar surface area (TPSA) is 99.8 Å². The lowest BCUT2D eigenvalue weighted by Gasteiger charge is -2.31. The van der Waals surface area contributed by atoms with Crippen molar-refractivity contribution < 1.29 is 14.7 Å². The van der Waals surface area contributed by atoms with Gasteiger partial charge in [-0.1, -0.05) is 11.6 Å². The van der Waals surface area contributed by atoms with Crippen molar-refractivity contribution in [3.63, 3.8) is 0 Å². The first-order chi connectivity index (χ1) is 10.6. The van der Waals surface area contributed by atoms with Crippen molar-refractivity contribution in [3.05, 3.63) is 29.3 Å². The van der Waals surface area contributed by atoms with E-state index < -0.39 is 6.09 Å². The quantitative estimate of drug-likeness (QED) is 0.866. The number of nitrogens with one attached hydrogen (secondary N) is 1. The molecule has 22 heavy (non-hydrogen) atoms. The van der Waals surface area contributed by atoms with Crippen LogP contribution in [-0.4, -0.2) is 55.7 Å². The van der Waals surface area contributed by atoms with Crippen molar-refractivity contribution in [1.29, 1.82) is 0 Å². The summed E-state index contributed by atoms with van der Waals surface area (Å²) in [5.41, 5.74) is 0.940. The van der Waals surface area contributed by atoms with Gasteiger partial charge in [-0.05, 0) is 18.9 Å². The van der Waals surface area contributed by atoms with E-state index in [-0.39, 0.29) is 17.1 Å². The molecule has 1 saturated heterocycles. The maximum atomic E-state index is 12.6. The lowest BCUT2D eigenvalue weighted by Crippen LogP contribution is -2.46. The summed E-state index contributed by atoms with van der Waals surface area (Å²) < 4.78 is 1.52. The third-order valence-corrected chi connectivity index (χ3v) is 4.03. The normalized spacial score (nSPS) is 16.0. The molecule has 0 unspecified atom stereocenters. The summed E-state index contributed by atoms with van der Waals surface area (Å²) in [5, 5.41) is 15.4. The minimum absolute atomic E-state index is 0.112. The van der Waals surface area contributed by atoms with Crippen molar-refractivity contribution in [2.24, 2.45) is 0 Å². The Hall–Kier alpha value is -2.35. The molecule has 1 fully saturated rings. The molecule has 3 heterocycles. The molecule has 8 nitrogen and oxygen atoms in total. The summed E-state index contributed by atoms with van der Waals surface area (Å²) in [6.07, 6.45) is 3.14. The van der Waals surface area contributed by atoms with E-state index in [0.717, 1.165) is 0 Å². The van der Waals surface area contributed by atoms with Crippen molar-refractivity contribution in [2.45, 2.75) is 18.9 Å². The van der Waals surface area contributed by atoms with Gasteiger partial charge in [-0.15, -0.1) is 0 Å². The monoisotopic (exact) mass is 323 g/mol. The van der Waals surface area contributed by atoms with Gasteiger partial charge in [-0.3, -0.25) is 4.79 Å². The Balaban J connectivity index is 1.76. The highest BCUT2D eigenvalue weighted by atomic mass is 35.5. The molecule has 2 amide bonds. The number of amides is 2. The third kappa shape index (κ3) is 2.69. The zero-order valence-electron chi connectivity index (χ0n) is 11.6. The maximum absolute atomic E-state index is 12.6. The molecule has 1 aliphatic heterocycles. The molecule has 116 valence electrons. The fraction of sp³-hybridized carbons (Fsp3) is 0.385. The molecular formula is C13H14ClN5O3. The van der Waals surface area contributed by atoms with Gasteiger partial charge >= 0.3 is 6.09 Å². The van der Waals surface area contributed by atoms with Crippen LogP contribution in [0, 0.1) is 0 Å². The molecule has 0 saturated carbocycles. The summed E-state index contributed by atoms with van der Waals surface area (Å²) in [5.74, 6) is -0.145. The van der Waals surface area contributed by atoms with Gasteiger partial charge in [0.1, 0.15) is 11.8 Å². The van der Waals surface area contributed by atoms with E-state index in [0.29, 0.717) is 37.0 Å². The van der Waals surface area contributed by atoms with E-state index in [1.54, 1.807) is 17.2 Å². The number of carboxylic acid groups (broad SMARTS) is 1. The minimum Gasteiger partial charge on any atom is -0.465 e. The highest BCUT2D eigenvalue weighted by Gasteiger charge is 2.26. The van der Waals surface area contributed by atoms with Crippen LogP contribution in [0.15, 0.2) is 18.6 Å². The van der Waals surface area contributed by atoms with Crippen LogP contribution in [0.3, 0.4) is 0 Å². The number of nitrogens with zero attached hydrogens (tertiary/aromatic N) is 4. The van der Waals surface area contributed by atoms with Gasteiger partial charge in [-0.2, -0.15) is 5.10 Å². The van der Waals surface area contributed by atoms with Gasteiger partial charge in [0, 0.05) is 25.3 Å². The molecule has 0 bridgehead atoms. The first kappa shape index (κ1) is 14.6. The van der Waals surface area contributed by atoms with Crippen LogP contribution in [0.2, 0.25) is 5.15 Å². The molecule has 2 N–H and O–H groups in total. The second kappa shape index (κ2) is 5.80. The lowest BCUT2D eigenvalue weighted by atomic mass is 10.0. The van der Waals surface area contributed by atoms with Crippen LogP contribution in [0.25, 0.3) is 5.52 Å². The lowest BCUT2D eigenvalue weighted by molar-refractivity contribution is 0.0708. The summed E-state index contributed by atoms with van der Waals surface area (Å²) in [4.78, 5) is 28.8. The first-order valence-electron chi connectivity index (χ1n) is 6.83. The van der Waals surface area contributed by atoms with Crippen molar-refractivity contribution >= 4 is 29.1 Å². The molecule has 2 aromatic heterocycles. The fourth-order valence-electron chi connectivity index (χ4n) is 2.66. The molecule has 0 spiro atoms. The number of likely N-dealkylation sites (tertiary alicyclic amines) is 1. The fourth-order valence-corrected chi connectivity index (χ4v) is 2.89. The average molecular weight is 324 g/mol. The van der Waals surface area contributed by atoms with E-state index in [4.69, 9.17) is 16.7 Å². The average Bonchev–Trinajstić information content (AvgIpc) is 2.92. The number of aromatic nitrogens is 3. The first-order valence-corrected chi connectivity index (χ1v) is 7.20. The van der Waals surface area contributed by atoms with Crippen molar-refractivity contribution in [3.8, 4) is 0 Å². The van der Waals surface area contributed by atoms with Gasteiger partial charge in [-0.25, -0.2) is 14.3 Å². The van der Waals surface area contributed by atoms with Crippen LogP contribution in [0.5, 0.6) is 0 Å². The van der Waals surface area contributed by atoms with E-state index in [1.165, 1.54) is 10.8 Å². The van der Waals surface area contributed by atoms with Gasteiger partial charge in [0.15, 0.2) is 5.15 Å². The van der Waals surface area contributed by atoms with E-state index in [2.05, 4.69) is 15.4 Å². The maximum Gasteiger partial charge on any atom is 0.404 e. The van der Waals surface area contributed by atoms with E-state index in [1.807, 2.05) is 0 Å². The highest BCUT2D eigenvalue weighted by molar-refractivity contribution is 6.33. The molecule has 0 radical (unpaired) electrons. The van der Waals surface area contributed by atoms with Gasteiger partial charge in [0.05, 0.1) is 5.56 Å². The van der Waals surface area contributed by atoms with Crippen LogP contribution >= 0.6 is 11.6 Å². The Bertz CT molecular complexity index is 724. The predicted octanol–water partition coefficient (Wildman–Crippen LogP) is 1.25. The smallest absolute Gasteiger partial charge is 0.404 e. The van der Waals surface area contributed by atoms with Gasteiger partial charge in [0.2, 0.25) is 0 Å². The molecule has 0 aliphatic carbocycles. The number of hydrogen-bond acceptors (Lipinski definition) is 4. The standard InChI is InChI=1S/C13H14ClN5O3/c14-11-10-9(3-6-19(10)16-7-15-11)12(20)18-4-1-8(2-5-18)17-13(21)22/h3,6-8,17H,1-2,4-5H2,(H,21,22). The molecule has 9 heteroatoms. The van der Waals surface area contributed by atoms with Crippen LogP contribution in [0.4, 0.5) is 4.79 Å². The Morgan fingerprint density at radius 3 is 2.77 bits per heavy atom. The summed E-state index contributed by atoms with van der Waals surface area (Å²) in [6, 6.07) is 1.55. The minimum atomic E-state index is -1.04. The summed E-state index contributed by atoms with van der Waals surface area (Å²) in [6.45, 7) is 0.985. The third-order valence-electron chi connectivity index (χ3n) is 3.75. The largest absolute Gasteiger partial charge is 0.465 e. The van der Waals surface area contributed by atoms with E-state index in [9.17, 15) is 9.59 Å². The van der Waals surface area contributed by atoms with Crippen LogP contribution < -0.4 is 5.32 Å². The second-order valence-corrected chi connectivity index (χ2v) is 5.45. The molecule has 3 rings (SSSR count). The van der Waals surface area contributed by atoms with Crippen molar-refractivity contribution in [1.82, 2.24) is 24.8 Å². The molecule has 0 aromatic carbocycles. The Labute approximate surface area is 130 Å². The van der Waals surface area contributed by atoms with Gasteiger partial charge < -0.3 is 15.3 Å². The predicted molar refractivity (Wildman–Crippen MR) is 78.1 cm³/mol. The molecular weight excluding hydrogens is 310 g/mol. The molecule has 0 atom stereocenters. The SMILES string of the molecule is O=C(O)NC1CCN(C(=O)c2ccn3ncnc(Cl)c23)CC1. The Morgan fingerprint density at radius 1 is 1.36 bits per heavy atom. The number of halogens is 1. The Kier molecular flexibility index (Phi) is 3.84.